The molecule has 0 N–H and O–H groups in total. The Morgan fingerprint density at radius 2 is 1.74 bits per heavy atom. The van der Waals surface area contributed by atoms with Crippen LogP contribution in [0.15, 0.2) is 6.20 Å². The quantitative estimate of drug-likeness (QED) is 0.581. The summed E-state index contributed by atoms with van der Waals surface area (Å²) in [6.45, 7) is 11.8. The second kappa shape index (κ2) is 6.29. The molecule has 0 amide bonds. The predicted molar refractivity (Wildman–Crippen MR) is 105 cm³/mol. The SMILES string of the molecule is C[Si](C)(C)C#Cc1nc(N2C[C@H]3COC[C@H]3C2)c2cnn(C3COC3)c2n1. The van der Waals surface area contributed by atoms with Crippen molar-refractivity contribution in [3.8, 4) is 11.5 Å². The Morgan fingerprint density at radius 3 is 2.37 bits per heavy atom. The Kier molecular flexibility index (Phi) is 4.00. The smallest absolute Gasteiger partial charge is 0.208 e. The van der Waals surface area contributed by atoms with Crippen LogP contribution < -0.4 is 4.90 Å². The van der Waals surface area contributed by atoms with Gasteiger partial charge in [-0.2, -0.15) is 5.10 Å². The van der Waals surface area contributed by atoms with Gasteiger partial charge in [0.05, 0.1) is 38.0 Å². The molecule has 7 nitrogen and oxygen atoms in total. The minimum atomic E-state index is -1.50. The Morgan fingerprint density at radius 1 is 1.04 bits per heavy atom. The van der Waals surface area contributed by atoms with Crippen LogP contribution in [-0.4, -0.2) is 67.3 Å². The van der Waals surface area contributed by atoms with Crippen molar-refractivity contribution in [2.45, 2.75) is 25.7 Å². The van der Waals surface area contributed by atoms with Gasteiger partial charge < -0.3 is 14.4 Å². The van der Waals surface area contributed by atoms with Crippen LogP contribution in [0.3, 0.4) is 0 Å². The number of fused-ring (bicyclic) bond motifs is 2. The minimum absolute atomic E-state index is 0.259. The third kappa shape index (κ3) is 3.14. The van der Waals surface area contributed by atoms with Gasteiger partial charge in [-0.15, -0.1) is 5.54 Å². The number of hydrogen-bond acceptors (Lipinski definition) is 6. The zero-order chi connectivity index (χ0) is 18.6. The molecule has 27 heavy (non-hydrogen) atoms. The Balaban J connectivity index is 1.59. The highest BCUT2D eigenvalue weighted by molar-refractivity contribution is 6.83. The summed E-state index contributed by atoms with van der Waals surface area (Å²) in [6, 6.07) is 0.259. The highest BCUT2D eigenvalue weighted by Crippen LogP contribution is 2.35. The molecule has 5 heterocycles. The molecule has 0 aliphatic carbocycles. The fourth-order valence-corrected chi connectivity index (χ4v) is 4.43. The van der Waals surface area contributed by atoms with E-state index in [2.05, 4.69) is 41.1 Å². The molecule has 0 spiro atoms. The number of anilines is 1. The minimum Gasteiger partial charge on any atom is -0.381 e. The highest BCUT2D eigenvalue weighted by atomic mass is 28.3. The number of ether oxygens (including phenoxy) is 2. The number of rotatable bonds is 2. The lowest BCUT2D eigenvalue weighted by Gasteiger charge is -2.26. The second-order valence-electron chi connectivity index (χ2n) is 8.85. The topological polar surface area (TPSA) is 65.3 Å². The number of nitrogens with zero attached hydrogens (tertiary/aromatic N) is 5. The van der Waals surface area contributed by atoms with Crippen LogP contribution in [0.5, 0.6) is 0 Å². The molecule has 0 aromatic carbocycles. The van der Waals surface area contributed by atoms with Crippen molar-refractivity contribution in [3.63, 3.8) is 0 Å². The summed E-state index contributed by atoms with van der Waals surface area (Å²) in [7, 11) is -1.50. The third-order valence-electron chi connectivity index (χ3n) is 5.49. The van der Waals surface area contributed by atoms with Crippen molar-refractivity contribution in [1.29, 1.82) is 0 Å². The molecule has 5 rings (SSSR count). The molecule has 0 unspecified atom stereocenters. The van der Waals surface area contributed by atoms with Gasteiger partial charge in [-0.1, -0.05) is 19.6 Å². The van der Waals surface area contributed by atoms with Crippen LogP contribution in [0, 0.1) is 23.3 Å². The van der Waals surface area contributed by atoms with E-state index in [4.69, 9.17) is 19.4 Å². The molecular weight excluding hydrogens is 358 g/mol. The lowest BCUT2D eigenvalue weighted by molar-refractivity contribution is -0.0269. The van der Waals surface area contributed by atoms with Crippen LogP contribution in [0.2, 0.25) is 19.6 Å². The molecule has 142 valence electrons. The van der Waals surface area contributed by atoms with Gasteiger partial charge in [-0.3, -0.25) is 0 Å². The van der Waals surface area contributed by atoms with E-state index in [1.54, 1.807) is 0 Å². The fraction of sp³-hybridized carbons (Fsp3) is 0.632. The Hall–Kier alpha value is -1.95. The van der Waals surface area contributed by atoms with Crippen molar-refractivity contribution in [2.24, 2.45) is 11.8 Å². The first-order valence-electron chi connectivity index (χ1n) is 9.67. The summed E-state index contributed by atoms with van der Waals surface area (Å²) in [4.78, 5) is 12.0. The van der Waals surface area contributed by atoms with Gasteiger partial charge >= 0.3 is 0 Å². The lowest BCUT2D eigenvalue weighted by atomic mass is 10.0. The fourth-order valence-electron chi connectivity index (χ4n) is 3.94. The molecule has 3 aliphatic heterocycles. The Bertz CT molecular complexity index is 925. The Labute approximate surface area is 160 Å². The van der Waals surface area contributed by atoms with Crippen molar-refractivity contribution in [3.05, 3.63) is 12.0 Å². The summed E-state index contributed by atoms with van der Waals surface area (Å²) in [5.74, 6) is 6.03. The van der Waals surface area contributed by atoms with Crippen LogP contribution >= 0.6 is 0 Å². The van der Waals surface area contributed by atoms with Crippen molar-refractivity contribution in [1.82, 2.24) is 19.7 Å². The predicted octanol–water partition coefficient (Wildman–Crippen LogP) is 1.71. The van der Waals surface area contributed by atoms with Gasteiger partial charge in [0, 0.05) is 24.9 Å². The van der Waals surface area contributed by atoms with Gasteiger partial charge in [-0.25, -0.2) is 14.6 Å². The van der Waals surface area contributed by atoms with E-state index >= 15 is 0 Å². The van der Waals surface area contributed by atoms with Gasteiger partial charge in [0.1, 0.15) is 19.9 Å². The van der Waals surface area contributed by atoms with E-state index in [1.165, 1.54) is 0 Å². The molecule has 8 heteroatoms. The maximum Gasteiger partial charge on any atom is 0.208 e. The van der Waals surface area contributed by atoms with Crippen molar-refractivity contribution in [2.75, 3.05) is 44.4 Å². The van der Waals surface area contributed by atoms with E-state index in [-0.39, 0.29) is 6.04 Å². The molecule has 3 aliphatic rings. The molecule has 0 saturated carbocycles. The largest absolute Gasteiger partial charge is 0.381 e. The second-order valence-corrected chi connectivity index (χ2v) is 13.6. The van der Waals surface area contributed by atoms with E-state index in [1.807, 2.05) is 10.9 Å². The van der Waals surface area contributed by atoms with Crippen LogP contribution in [0.4, 0.5) is 5.82 Å². The summed E-state index contributed by atoms with van der Waals surface area (Å²) in [5.41, 5.74) is 4.28. The van der Waals surface area contributed by atoms with Crippen molar-refractivity contribution < 1.29 is 9.47 Å². The van der Waals surface area contributed by atoms with Crippen LogP contribution in [-0.2, 0) is 9.47 Å². The maximum atomic E-state index is 5.63. The zero-order valence-electron chi connectivity index (χ0n) is 16.1. The first-order valence-corrected chi connectivity index (χ1v) is 13.2. The van der Waals surface area contributed by atoms with Crippen molar-refractivity contribution >= 4 is 24.9 Å². The summed E-state index contributed by atoms with van der Waals surface area (Å²) in [6.07, 6.45) is 1.91. The van der Waals surface area contributed by atoms with Crippen LogP contribution in [0.25, 0.3) is 11.0 Å². The molecular formula is C19H25N5O2Si. The van der Waals surface area contributed by atoms with Gasteiger partial charge in [0.2, 0.25) is 5.82 Å². The maximum absolute atomic E-state index is 5.63. The van der Waals surface area contributed by atoms with E-state index in [0.29, 0.717) is 30.9 Å². The van der Waals surface area contributed by atoms with Gasteiger partial charge in [0.25, 0.3) is 0 Å². The molecule has 2 aromatic heterocycles. The third-order valence-corrected chi connectivity index (χ3v) is 6.36. The summed E-state index contributed by atoms with van der Waals surface area (Å²) >= 11 is 0. The molecule has 3 saturated heterocycles. The first kappa shape index (κ1) is 17.2. The number of hydrogen-bond donors (Lipinski definition) is 0. The summed E-state index contributed by atoms with van der Waals surface area (Å²) in [5, 5.41) is 5.63. The highest BCUT2D eigenvalue weighted by Gasteiger charge is 2.38. The molecule has 2 atom stereocenters. The molecule has 0 bridgehead atoms. The van der Waals surface area contributed by atoms with E-state index < -0.39 is 8.07 Å². The average molecular weight is 384 g/mol. The molecule has 0 radical (unpaired) electrons. The van der Waals surface area contributed by atoms with Gasteiger partial charge in [-0.05, 0) is 5.92 Å². The standard InChI is InChI=1S/C19H25N5O2Si/c1-27(2,3)5-4-17-21-18(23-7-13-9-25-10-14(13)8-23)16-6-20-24(19(16)22-17)15-11-26-12-15/h6,13-15H,7-12H2,1-3H3/t13-,14+. The van der Waals surface area contributed by atoms with E-state index in [0.717, 1.165) is 43.2 Å². The summed E-state index contributed by atoms with van der Waals surface area (Å²) < 4.78 is 13.0. The lowest BCUT2D eigenvalue weighted by Crippen LogP contribution is -2.31. The molecule has 3 fully saturated rings. The zero-order valence-corrected chi connectivity index (χ0v) is 17.1. The van der Waals surface area contributed by atoms with Crippen LogP contribution in [0.1, 0.15) is 11.9 Å². The van der Waals surface area contributed by atoms with E-state index in [9.17, 15) is 0 Å². The molecule has 2 aromatic rings. The monoisotopic (exact) mass is 383 g/mol. The number of aromatic nitrogens is 4. The van der Waals surface area contributed by atoms with Gasteiger partial charge in [0.15, 0.2) is 5.65 Å². The first-order chi connectivity index (χ1) is 13.0. The average Bonchev–Trinajstić information content (AvgIpc) is 3.24. The normalized spacial score (nSPS) is 25.4.